The molecule has 1 saturated heterocycles. The third-order valence-electron chi connectivity index (χ3n) is 9.80. The van der Waals surface area contributed by atoms with Crippen LogP contribution in [0, 0.1) is 22.2 Å². The van der Waals surface area contributed by atoms with Crippen molar-refractivity contribution >= 4 is 11.8 Å². The quantitative estimate of drug-likeness (QED) is 0.591. The van der Waals surface area contributed by atoms with Crippen LogP contribution in [0.5, 0.6) is 0 Å². The van der Waals surface area contributed by atoms with Crippen LogP contribution in [0.2, 0.25) is 0 Å². The molecule has 1 spiro atoms. The first-order chi connectivity index (χ1) is 13.4. The van der Waals surface area contributed by atoms with Gasteiger partial charge in [0.05, 0.1) is 18.3 Å². The van der Waals surface area contributed by atoms with Crippen molar-refractivity contribution in [3.8, 4) is 0 Å². The molecule has 6 rings (SSSR count). The van der Waals surface area contributed by atoms with Gasteiger partial charge in [-0.15, -0.1) is 0 Å². The van der Waals surface area contributed by atoms with Crippen molar-refractivity contribution in [1.29, 1.82) is 0 Å². The maximum Gasteiger partial charge on any atom is 0.336 e. The van der Waals surface area contributed by atoms with Gasteiger partial charge in [0.25, 0.3) is 5.79 Å². The third kappa shape index (κ3) is 1.68. The lowest BCUT2D eigenvalue weighted by molar-refractivity contribution is -0.369. The van der Waals surface area contributed by atoms with E-state index in [4.69, 9.17) is 9.47 Å². The van der Waals surface area contributed by atoms with Crippen LogP contribution in [-0.4, -0.2) is 57.3 Å². The molecule has 0 aromatic rings. The molecule has 4 bridgehead atoms. The van der Waals surface area contributed by atoms with Crippen LogP contribution in [0.25, 0.3) is 0 Å². The smallest absolute Gasteiger partial charge is 0.336 e. The molecule has 5 fully saturated rings. The van der Waals surface area contributed by atoms with E-state index in [2.05, 4.69) is 0 Å². The van der Waals surface area contributed by atoms with E-state index in [9.17, 15) is 24.9 Å². The second-order valence-corrected chi connectivity index (χ2v) is 10.4. The molecule has 6 aliphatic rings. The van der Waals surface area contributed by atoms with E-state index >= 15 is 0 Å². The zero-order chi connectivity index (χ0) is 21.2. The number of rotatable bonds is 2. The first kappa shape index (κ1) is 19.7. The van der Waals surface area contributed by atoms with Gasteiger partial charge in [-0.25, -0.2) is 4.79 Å². The Morgan fingerprint density at radius 2 is 1.93 bits per heavy atom. The summed E-state index contributed by atoms with van der Waals surface area (Å²) in [5.74, 6) is -3.17. The van der Waals surface area contributed by atoms with Crippen molar-refractivity contribution in [2.24, 2.45) is 22.2 Å². The summed E-state index contributed by atoms with van der Waals surface area (Å²) in [6.07, 6.45) is -0.00932. The van der Waals surface area contributed by atoms with Gasteiger partial charge in [-0.3, -0.25) is 4.79 Å². The summed E-state index contributed by atoms with van der Waals surface area (Å²) in [7, 11) is 0. The Morgan fingerprint density at radius 1 is 1.24 bits per heavy atom. The van der Waals surface area contributed by atoms with Crippen molar-refractivity contribution in [3.63, 3.8) is 0 Å². The fourth-order valence-corrected chi connectivity index (χ4v) is 7.66. The summed E-state index contributed by atoms with van der Waals surface area (Å²) in [6.45, 7) is 7.02. The van der Waals surface area contributed by atoms with Gasteiger partial charge in [-0.1, -0.05) is 19.4 Å². The fourth-order valence-electron chi connectivity index (χ4n) is 7.66. The number of hydrogen-bond donors (Lipinski definition) is 3. The molecule has 8 atom stereocenters. The molecule has 1 heterocycles. The largest absolute Gasteiger partial charge is 0.426 e. The highest BCUT2D eigenvalue weighted by Crippen LogP contribution is 2.80. The molecule has 2 unspecified atom stereocenters. The number of ketones is 1. The summed E-state index contributed by atoms with van der Waals surface area (Å²) >= 11 is 0. The summed E-state index contributed by atoms with van der Waals surface area (Å²) in [6, 6.07) is 0. The standard InChI is InChI=1S/C22H30O7/c1-11-6-5-7-13(11)16(25)29-22-17(26)20-9-15(24)19(22,4)18(3,10-28-22)21(20,27)8-14(23)12(20)2/h12,14,17,23,26-27H,5-10H2,1-4H3/t12-,14+,17-,18+,19?,20?,21+,22+/m1/s1. The zero-order valence-corrected chi connectivity index (χ0v) is 17.4. The van der Waals surface area contributed by atoms with Gasteiger partial charge < -0.3 is 24.8 Å². The molecule has 5 aliphatic carbocycles. The van der Waals surface area contributed by atoms with Gasteiger partial charge >= 0.3 is 5.97 Å². The van der Waals surface area contributed by atoms with Crippen molar-refractivity contribution in [1.82, 2.24) is 0 Å². The van der Waals surface area contributed by atoms with Crippen LogP contribution in [-0.2, 0) is 19.1 Å². The maximum atomic E-state index is 13.5. The highest BCUT2D eigenvalue weighted by Gasteiger charge is 2.93. The lowest BCUT2D eigenvalue weighted by atomic mass is 9.35. The van der Waals surface area contributed by atoms with Crippen molar-refractivity contribution in [2.75, 3.05) is 6.61 Å². The van der Waals surface area contributed by atoms with E-state index in [1.807, 2.05) is 6.92 Å². The molecule has 0 aromatic heterocycles. The molecular formula is C22H30O7. The monoisotopic (exact) mass is 406 g/mol. The number of carbonyl (C=O) groups is 2. The SMILES string of the molecule is CC1=C(C(=O)O[C@]23OC[C@@]4(C)C2(C)C(=O)CC2([C@H](C)[C@@H](O)C[C@@]24O)[C@H]3O)CCC1. The van der Waals surface area contributed by atoms with Crippen LogP contribution in [0.3, 0.4) is 0 Å². The van der Waals surface area contributed by atoms with Crippen molar-refractivity contribution in [3.05, 3.63) is 11.1 Å². The van der Waals surface area contributed by atoms with Gasteiger partial charge in [0, 0.05) is 29.2 Å². The Balaban J connectivity index is 1.70. The molecule has 7 nitrogen and oxygen atoms in total. The molecular weight excluding hydrogens is 376 g/mol. The molecule has 4 saturated carbocycles. The highest BCUT2D eigenvalue weighted by molar-refractivity contribution is 5.94. The second kappa shape index (κ2) is 5.31. The minimum Gasteiger partial charge on any atom is -0.426 e. The Hall–Kier alpha value is -1.28. The van der Waals surface area contributed by atoms with Gasteiger partial charge in [-0.05, 0) is 39.0 Å². The molecule has 0 radical (unpaired) electrons. The first-order valence-corrected chi connectivity index (χ1v) is 10.6. The van der Waals surface area contributed by atoms with Crippen LogP contribution >= 0.6 is 0 Å². The first-order valence-electron chi connectivity index (χ1n) is 10.6. The summed E-state index contributed by atoms with van der Waals surface area (Å²) in [5.41, 5.74) is -3.81. The number of ether oxygens (including phenoxy) is 2. The average molecular weight is 406 g/mol. The minimum atomic E-state index is -1.87. The number of fused-ring (bicyclic) bond motifs is 1. The molecule has 29 heavy (non-hydrogen) atoms. The molecule has 160 valence electrons. The number of aliphatic hydroxyl groups is 3. The Kier molecular flexibility index (Phi) is 3.60. The van der Waals surface area contributed by atoms with Crippen LogP contribution in [0.15, 0.2) is 11.1 Å². The molecule has 0 amide bonds. The van der Waals surface area contributed by atoms with Crippen LogP contribution < -0.4 is 0 Å². The second-order valence-electron chi connectivity index (χ2n) is 10.4. The van der Waals surface area contributed by atoms with Gasteiger partial charge in [0.2, 0.25) is 0 Å². The summed E-state index contributed by atoms with van der Waals surface area (Å²) in [4.78, 5) is 26.6. The number of Topliss-reactive ketones (excluding diaryl/α,β-unsaturated/α-hetero) is 1. The normalized spacial score (nSPS) is 55.6. The van der Waals surface area contributed by atoms with E-state index in [-0.39, 0.29) is 25.2 Å². The summed E-state index contributed by atoms with van der Waals surface area (Å²) in [5, 5.41) is 34.3. The zero-order valence-electron chi connectivity index (χ0n) is 17.4. The van der Waals surface area contributed by atoms with Crippen LogP contribution in [0.1, 0.15) is 59.8 Å². The van der Waals surface area contributed by atoms with Gasteiger partial charge in [0.15, 0.2) is 0 Å². The third-order valence-corrected chi connectivity index (χ3v) is 9.80. The molecule has 1 aliphatic heterocycles. The predicted molar refractivity (Wildman–Crippen MR) is 100 cm³/mol. The number of esters is 1. The number of aliphatic hydroxyl groups excluding tert-OH is 2. The fraction of sp³-hybridized carbons (Fsp3) is 0.818. The lowest BCUT2D eigenvalue weighted by Crippen LogP contribution is -2.84. The van der Waals surface area contributed by atoms with E-state index < -0.39 is 51.7 Å². The molecule has 7 heteroatoms. The molecule has 3 N–H and O–H groups in total. The number of hydrogen-bond acceptors (Lipinski definition) is 7. The highest BCUT2D eigenvalue weighted by atomic mass is 16.7. The van der Waals surface area contributed by atoms with Crippen LogP contribution in [0.4, 0.5) is 0 Å². The predicted octanol–water partition coefficient (Wildman–Crippen LogP) is 1.23. The average Bonchev–Trinajstić information content (AvgIpc) is 3.24. The van der Waals surface area contributed by atoms with Crippen molar-refractivity contribution in [2.45, 2.75) is 83.4 Å². The van der Waals surface area contributed by atoms with Crippen molar-refractivity contribution < 1.29 is 34.4 Å². The lowest BCUT2D eigenvalue weighted by Gasteiger charge is -2.70. The van der Waals surface area contributed by atoms with E-state index in [1.165, 1.54) is 0 Å². The topological polar surface area (TPSA) is 113 Å². The number of allylic oxidation sites excluding steroid dienone is 1. The van der Waals surface area contributed by atoms with E-state index in [0.29, 0.717) is 12.0 Å². The maximum absolute atomic E-state index is 13.5. The van der Waals surface area contributed by atoms with Gasteiger partial charge in [-0.2, -0.15) is 0 Å². The summed E-state index contributed by atoms with van der Waals surface area (Å²) < 4.78 is 12.0. The van der Waals surface area contributed by atoms with E-state index in [0.717, 1.165) is 18.4 Å². The minimum absolute atomic E-state index is 0.0324. The Morgan fingerprint density at radius 3 is 2.55 bits per heavy atom. The van der Waals surface area contributed by atoms with Gasteiger partial charge in [0.1, 0.15) is 17.3 Å². The number of carbonyl (C=O) groups excluding carboxylic acids is 2. The van der Waals surface area contributed by atoms with E-state index in [1.54, 1.807) is 20.8 Å². The Bertz CT molecular complexity index is 865. The molecule has 0 aromatic carbocycles. The Labute approximate surface area is 170 Å².